The number of benzene rings is 4. The Labute approximate surface area is 299 Å². The zero-order valence-corrected chi connectivity index (χ0v) is 30.7. The maximum Gasteiger partial charge on any atom is 0.416 e. The average Bonchev–Trinajstić information content (AvgIpc) is 3.43. The first-order chi connectivity index (χ1) is 24.4. The molecule has 4 aromatic carbocycles. The van der Waals surface area contributed by atoms with Gasteiger partial charge in [-0.05, 0) is 52.9 Å². The Morgan fingerprint density at radius 2 is 1.57 bits per heavy atom. The summed E-state index contributed by atoms with van der Waals surface area (Å²) >= 11 is 0. The molecule has 1 unspecified atom stereocenters. The lowest BCUT2D eigenvalue weighted by molar-refractivity contribution is 0.0762. The van der Waals surface area contributed by atoms with Crippen LogP contribution in [0.25, 0.3) is 10.9 Å². The minimum atomic E-state index is -1.55. The van der Waals surface area contributed by atoms with Gasteiger partial charge < -0.3 is 19.5 Å². The minimum Gasteiger partial charge on any atom is -0.478 e. The Kier molecular flexibility index (Phi) is 10.5. The van der Waals surface area contributed by atoms with Crippen LogP contribution in [0.4, 0.5) is 14.9 Å². The zero-order valence-electron chi connectivity index (χ0n) is 29.7. The van der Waals surface area contributed by atoms with Gasteiger partial charge in [0.15, 0.2) is 5.75 Å². The molecule has 2 amide bonds. The number of amides is 2. The summed E-state index contributed by atoms with van der Waals surface area (Å²) in [5.74, 6) is -0.798. The number of aliphatic hydroxyl groups excluding tert-OH is 1. The van der Waals surface area contributed by atoms with Crippen LogP contribution in [0.2, 0.25) is 25.7 Å². The van der Waals surface area contributed by atoms with Crippen molar-refractivity contribution in [1.29, 1.82) is 0 Å². The van der Waals surface area contributed by atoms with E-state index < -0.39 is 26.5 Å². The number of carbonyl (C=O) groups excluding carboxylic acids is 2. The predicted octanol–water partition coefficient (Wildman–Crippen LogP) is 8.95. The molecular formula is C41H44FN3O5Si. The van der Waals surface area contributed by atoms with E-state index in [-0.39, 0.29) is 48.7 Å². The third-order valence-corrected chi connectivity index (χ3v) is 10.7. The van der Waals surface area contributed by atoms with Gasteiger partial charge in [-0.1, -0.05) is 106 Å². The molecule has 0 saturated carbocycles. The first-order valence-corrected chi connectivity index (χ1v) is 21.0. The summed E-state index contributed by atoms with van der Waals surface area (Å²) < 4.78 is 26.7. The molecule has 0 aliphatic carbocycles. The van der Waals surface area contributed by atoms with Gasteiger partial charge >= 0.3 is 6.09 Å². The van der Waals surface area contributed by atoms with Crippen molar-refractivity contribution in [2.75, 3.05) is 11.5 Å². The highest BCUT2D eigenvalue weighted by Gasteiger charge is 2.41. The van der Waals surface area contributed by atoms with Crippen molar-refractivity contribution in [3.8, 4) is 5.75 Å². The minimum absolute atomic E-state index is 0.104. The van der Waals surface area contributed by atoms with Crippen LogP contribution in [0.1, 0.15) is 52.6 Å². The van der Waals surface area contributed by atoms with Crippen molar-refractivity contribution < 1.29 is 28.6 Å². The molecule has 1 aliphatic rings. The van der Waals surface area contributed by atoms with Crippen LogP contribution in [-0.2, 0) is 17.8 Å². The van der Waals surface area contributed by atoms with Gasteiger partial charge in [0.05, 0.1) is 17.9 Å². The van der Waals surface area contributed by atoms with E-state index in [1.165, 1.54) is 17.0 Å². The van der Waals surface area contributed by atoms with Gasteiger partial charge in [0.1, 0.15) is 23.7 Å². The SMILES string of the molecule is CC(C)C(O)N(C(=O)OCC[Si](C)(C)C)c1c2c(c(OC(c3ccccc3)c3ccccc3)c3ncccc13)C(=O)N(Cc1ccc(F)cc1)C2. The van der Waals surface area contributed by atoms with Gasteiger partial charge in [-0.15, -0.1) is 0 Å². The number of pyridine rings is 1. The molecule has 2 heterocycles. The molecular weight excluding hydrogens is 662 g/mol. The standard InChI is InChI=1S/C41H44FN3O5Si/c1-27(2)39(46)45(41(48)49-23-24-51(3,4)5)36-32-17-12-22-43-35(32)38(50-37(29-13-8-6-9-14-29)30-15-10-7-11-16-30)34-33(36)26-44(40(34)47)25-28-18-20-31(42)21-19-28/h6-22,27,37,39,46H,23-26H2,1-5H3. The predicted molar refractivity (Wildman–Crippen MR) is 200 cm³/mol. The number of nitrogens with zero attached hydrogens (tertiary/aromatic N) is 3. The van der Waals surface area contributed by atoms with Gasteiger partial charge in [-0.2, -0.15) is 0 Å². The lowest BCUT2D eigenvalue weighted by Crippen LogP contribution is -2.45. The average molecular weight is 706 g/mol. The molecule has 0 bridgehead atoms. The number of hydrogen-bond acceptors (Lipinski definition) is 6. The molecule has 1 aliphatic heterocycles. The number of fused-ring (bicyclic) bond motifs is 2. The van der Waals surface area contributed by atoms with Crippen LogP contribution in [0, 0.1) is 11.7 Å². The van der Waals surface area contributed by atoms with Gasteiger partial charge in [-0.25, -0.2) is 9.18 Å². The third kappa shape index (κ3) is 7.82. The topological polar surface area (TPSA) is 92.2 Å². The molecule has 6 rings (SSSR count). The van der Waals surface area contributed by atoms with E-state index in [1.807, 2.05) is 80.6 Å². The summed E-state index contributed by atoms with van der Waals surface area (Å²) in [6.07, 6.45) is -0.954. The van der Waals surface area contributed by atoms with Crippen LogP contribution in [0.5, 0.6) is 5.75 Å². The van der Waals surface area contributed by atoms with Crippen molar-refractivity contribution in [1.82, 2.24) is 9.88 Å². The van der Waals surface area contributed by atoms with Crippen LogP contribution in [-0.4, -0.2) is 47.9 Å². The second-order valence-corrected chi connectivity index (χ2v) is 20.1. The molecule has 0 saturated heterocycles. The summed E-state index contributed by atoms with van der Waals surface area (Å²) in [6.45, 7) is 10.7. The van der Waals surface area contributed by atoms with E-state index in [4.69, 9.17) is 14.5 Å². The lowest BCUT2D eigenvalue weighted by atomic mass is 9.97. The Hall–Kier alpha value is -5.06. The lowest BCUT2D eigenvalue weighted by Gasteiger charge is -2.33. The number of carbonyl (C=O) groups is 2. The van der Waals surface area contributed by atoms with Crippen LogP contribution in [0.15, 0.2) is 103 Å². The maximum atomic E-state index is 14.7. The monoisotopic (exact) mass is 705 g/mol. The van der Waals surface area contributed by atoms with Crippen molar-refractivity contribution in [3.63, 3.8) is 0 Å². The molecule has 0 spiro atoms. The molecule has 51 heavy (non-hydrogen) atoms. The zero-order chi connectivity index (χ0) is 36.3. The second kappa shape index (κ2) is 15.0. The Balaban J connectivity index is 1.56. The van der Waals surface area contributed by atoms with Crippen molar-refractivity contribution in [2.45, 2.75) is 65.0 Å². The fourth-order valence-corrected chi connectivity index (χ4v) is 7.00. The summed E-state index contributed by atoms with van der Waals surface area (Å²) in [5.41, 5.74) is 3.98. The third-order valence-electron chi connectivity index (χ3n) is 9.05. The molecule has 0 radical (unpaired) electrons. The van der Waals surface area contributed by atoms with Gasteiger partial charge in [-0.3, -0.25) is 14.7 Å². The smallest absolute Gasteiger partial charge is 0.416 e. The van der Waals surface area contributed by atoms with Crippen LogP contribution < -0.4 is 9.64 Å². The summed E-state index contributed by atoms with van der Waals surface area (Å²) in [5, 5.41) is 12.2. The van der Waals surface area contributed by atoms with Crippen LogP contribution in [0.3, 0.4) is 0 Å². The first-order valence-electron chi connectivity index (χ1n) is 17.3. The number of aliphatic hydroxyl groups is 1. The van der Waals surface area contributed by atoms with Crippen LogP contribution >= 0.6 is 0 Å². The number of rotatable bonds is 12. The van der Waals surface area contributed by atoms with E-state index in [2.05, 4.69) is 19.6 Å². The highest BCUT2D eigenvalue weighted by Crippen LogP contribution is 2.47. The second-order valence-electron chi connectivity index (χ2n) is 14.5. The highest BCUT2D eigenvalue weighted by atomic mass is 28.3. The maximum absolute atomic E-state index is 14.7. The molecule has 10 heteroatoms. The first kappa shape index (κ1) is 35.8. The fraction of sp³-hybridized carbons (Fsp3) is 0.293. The number of anilines is 1. The van der Waals surface area contributed by atoms with Crippen molar-refractivity contribution in [3.05, 3.63) is 137 Å². The number of halogens is 1. The van der Waals surface area contributed by atoms with E-state index in [9.17, 15) is 19.1 Å². The largest absolute Gasteiger partial charge is 0.478 e. The molecule has 264 valence electrons. The molecule has 1 aromatic heterocycles. The quantitative estimate of drug-likeness (QED) is 0.103. The highest BCUT2D eigenvalue weighted by molar-refractivity contribution is 6.76. The van der Waals surface area contributed by atoms with E-state index >= 15 is 0 Å². The molecule has 1 atom stereocenters. The van der Waals surface area contributed by atoms with Gasteiger partial charge in [0, 0.05) is 38.3 Å². The number of aromatic nitrogens is 1. The Bertz CT molecular complexity index is 1960. The van der Waals surface area contributed by atoms with Crippen molar-refractivity contribution >= 4 is 36.7 Å². The number of hydrogen-bond donors (Lipinski definition) is 1. The summed E-state index contributed by atoms with van der Waals surface area (Å²) in [6, 6.07) is 29.9. The molecule has 1 N–H and O–H groups in total. The number of ether oxygens (including phenoxy) is 2. The fourth-order valence-electron chi connectivity index (χ4n) is 6.29. The molecule has 8 nitrogen and oxygen atoms in total. The Morgan fingerprint density at radius 3 is 2.16 bits per heavy atom. The normalized spacial score (nSPS) is 13.5. The molecule has 5 aromatic rings. The van der Waals surface area contributed by atoms with E-state index in [0.717, 1.165) is 22.7 Å². The summed E-state index contributed by atoms with van der Waals surface area (Å²) in [7, 11) is -1.55. The summed E-state index contributed by atoms with van der Waals surface area (Å²) in [4.78, 5) is 36.5. The van der Waals surface area contributed by atoms with E-state index in [0.29, 0.717) is 22.2 Å². The Morgan fingerprint density at radius 1 is 0.941 bits per heavy atom. The van der Waals surface area contributed by atoms with Gasteiger partial charge in [0.2, 0.25) is 0 Å². The molecule has 0 fully saturated rings. The van der Waals surface area contributed by atoms with Crippen molar-refractivity contribution in [2.24, 2.45) is 5.92 Å². The van der Waals surface area contributed by atoms with Gasteiger partial charge in [0.25, 0.3) is 5.91 Å². The van der Waals surface area contributed by atoms with E-state index in [1.54, 1.807) is 29.3 Å².